The number of amides is 1. The van der Waals surface area contributed by atoms with Crippen molar-refractivity contribution >= 4 is 17.3 Å². The number of pyridine rings is 1. The van der Waals surface area contributed by atoms with E-state index in [-0.39, 0.29) is 5.91 Å². The normalized spacial score (nSPS) is 15.9. The molecule has 0 atom stereocenters. The molecule has 1 aliphatic rings. The molecule has 5 nitrogen and oxygen atoms in total. The van der Waals surface area contributed by atoms with E-state index in [9.17, 15) is 4.79 Å². The predicted molar refractivity (Wildman–Crippen MR) is 77.0 cm³/mol. The van der Waals surface area contributed by atoms with Gasteiger partial charge in [0.2, 0.25) is 5.91 Å². The lowest BCUT2D eigenvalue weighted by Crippen LogP contribution is -2.39. The summed E-state index contributed by atoms with van der Waals surface area (Å²) < 4.78 is 0. The first-order valence-electron chi connectivity index (χ1n) is 6.87. The molecule has 0 aliphatic carbocycles. The molecule has 2 N–H and O–H groups in total. The van der Waals surface area contributed by atoms with Crippen LogP contribution in [0.25, 0.3) is 0 Å². The zero-order valence-electron chi connectivity index (χ0n) is 11.5. The molecule has 0 saturated carbocycles. The van der Waals surface area contributed by atoms with Gasteiger partial charge in [0.15, 0.2) is 0 Å². The van der Waals surface area contributed by atoms with Gasteiger partial charge >= 0.3 is 0 Å². The van der Waals surface area contributed by atoms with Gasteiger partial charge in [-0.3, -0.25) is 9.78 Å². The van der Waals surface area contributed by atoms with Gasteiger partial charge in [-0.2, -0.15) is 0 Å². The van der Waals surface area contributed by atoms with Crippen LogP contribution in [0.3, 0.4) is 0 Å². The Morgan fingerprint density at radius 1 is 1.37 bits per heavy atom. The molecular weight excluding hydrogens is 240 g/mol. The summed E-state index contributed by atoms with van der Waals surface area (Å²) in [5, 5.41) is 0. The minimum Gasteiger partial charge on any atom is -0.396 e. The second kappa shape index (κ2) is 6.41. The molecule has 1 aromatic rings. The van der Waals surface area contributed by atoms with Crippen LogP contribution in [0.5, 0.6) is 0 Å². The zero-order valence-corrected chi connectivity index (χ0v) is 11.5. The van der Waals surface area contributed by atoms with Crippen LogP contribution in [0.15, 0.2) is 18.5 Å². The second-order valence-corrected chi connectivity index (χ2v) is 5.09. The maximum absolute atomic E-state index is 12.3. The van der Waals surface area contributed by atoms with Gasteiger partial charge in [0, 0.05) is 26.3 Å². The fourth-order valence-corrected chi connectivity index (χ4v) is 2.46. The monoisotopic (exact) mass is 262 g/mol. The molecule has 0 aromatic carbocycles. The lowest BCUT2D eigenvalue weighted by atomic mass is 10.2. The Balaban J connectivity index is 1.96. The van der Waals surface area contributed by atoms with Crippen LogP contribution in [0.4, 0.5) is 11.4 Å². The largest absolute Gasteiger partial charge is 0.396 e. The highest BCUT2D eigenvalue weighted by Gasteiger charge is 2.17. The van der Waals surface area contributed by atoms with Crippen LogP contribution >= 0.6 is 0 Å². The Morgan fingerprint density at radius 2 is 2.05 bits per heavy atom. The van der Waals surface area contributed by atoms with Crippen LogP contribution in [-0.2, 0) is 4.79 Å². The average Bonchev–Trinajstić information content (AvgIpc) is 2.68. The molecule has 104 valence electrons. The molecular formula is C14H22N4O. The highest BCUT2D eigenvalue weighted by molar-refractivity contribution is 5.82. The Morgan fingerprint density at radius 3 is 2.68 bits per heavy atom. The highest BCUT2D eigenvalue weighted by Crippen LogP contribution is 2.20. The molecule has 2 heterocycles. The fourth-order valence-electron chi connectivity index (χ4n) is 2.46. The standard InChI is InChI=1S/C14H22N4O/c1-17(13-6-7-16-10-12(13)15)11-14(19)18-8-4-2-3-5-9-18/h6-7,10H,2-5,8-9,11,15H2,1H3. The summed E-state index contributed by atoms with van der Waals surface area (Å²) in [6.07, 6.45) is 8.01. The fraction of sp³-hybridized carbons (Fsp3) is 0.571. The van der Waals surface area contributed by atoms with Crippen molar-refractivity contribution in [2.24, 2.45) is 0 Å². The Kier molecular flexibility index (Phi) is 4.60. The first-order valence-corrected chi connectivity index (χ1v) is 6.87. The Bertz CT molecular complexity index is 427. The van der Waals surface area contributed by atoms with Crippen LogP contribution in [0.1, 0.15) is 25.7 Å². The third kappa shape index (κ3) is 3.59. The number of nitrogens with zero attached hydrogens (tertiary/aromatic N) is 3. The molecule has 0 bridgehead atoms. The lowest BCUT2D eigenvalue weighted by molar-refractivity contribution is -0.129. The van der Waals surface area contributed by atoms with Crippen molar-refractivity contribution < 1.29 is 4.79 Å². The summed E-state index contributed by atoms with van der Waals surface area (Å²) in [6, 6.07) is 1.84. The molecule has 1 aromatic heterocycles. The van der Waals surface area contributed by atoms with E-state index in [0.717, 1.165) is 31.6 Å². The molecule has 5 heteroatoms. The summed E-state index contributed by atoms with van der Waals surface area (Å²) in [5.41, 5.74) is 7.34. The van der Waals surface area contributed by atoms with E-state index in [1.807, 2.05) is 22.9 Å². The average molecular weight is 262 g/mol. The maximum atomic E-state index is 12.3. The van der Waals surface area contributed by atoms with E-state index < -0.39 is 0 Å². The van der Waals surface area contributed by atoms with Crippen molar-refractivity contribution in [1.82, 2.24) is 9.88 Å². The number of carbonyl (C=O) groups excluding carboxylic acids is 1. The zero-order chi connectivity index (χ0) is 13.7. The summed E-state index contributed by atoms with van der Waals surface area (Å²) >= 11 is 0. The summed E-state index contributed by atoms with van der Waals surface area (Å²) in [5.74, 6) is 0.181. The van der Waals surface area contributed by atoms with Crippen LogP contribution in [0, 0.1) is 0 Å². The number of hydrogen-bond acceptors (Lipinski definition) is 4. The van der Waals surface area contributed by atoms with E-state index in [1.54, 1.807) is 12.4 Å². The first kappa shape index (κ1) is 13.6. The van der Waals surface area contributed by atoms with E-state index in [2.05, 4.69) is 4.98 Å². The Labute approximate surface area is 114 Å². The van der Waals surface area contributed by atoms with Crippen molar-refractivity contribution in [1.29, 1.82) is 0 Å². The molecule has 0 spiro atoms. The quantitative estimate of drug-likeness (QED) is 0.896. The van der Waals surface area contributed by atoms with Crippen molar-refractivity contribution in [3.8, 4) is 0 Å². The first-order chi connectivity index (χ1) is 9.18. The third-order valence-corrected chi connectivity index (χ3v) is 3.57. The number of carbonyl (C=O) groups is 1. The maximum Gasteiger partial charge on any atom is 0.242 e. The van der Waals surface area contributed by atoms with E-state index >= 15 is 0 Å². The SMILES string of the molecule is CN(CC(=O)N1CCCCCC1)c1ccncc1N. The van der Waals surface area contributed by atoms with E-state index in [4.69, 9.17) is 5.73 Å². The number of aromatic nitrogens is 1. The van der Waals surface area contributed by atoms with Crippen molar-refractivity contribution in [3.05, 3.63) is 18.5 Å². The third-order valence-electron chi connectivity index (χ3n) is 3.57. The number of rotatable bonds is 3. The molecule has 1 amide bonds. The molecule has 0 unspecified atom stereocenters. The highest BCUT2D eigenvalue weighted by atomic mass is 16.2. The van der Waals surface area contributed by atoms with E-state index in [0.29, 0.717) is 12.2 Å². The van der Waals surface area contributed by atoms with Gasteiger partial charge < -0.3 is 15.5 Å². The van der Waals surface area contributed by atoms with Gasteiger partial charge in [0.05, 0.1) is 24.1 Å². The van der Waals surface area contributed by atoms with Gasteiger partial charge in [-0.05, 0) is 18.9 Å². The van der Waals surface area contributed by atoms with Gasteiger partial charge in [0.25, 0.3) is 0 Å². The minimum atomic E-state index is 0.181. The number of nitrogen functional groups attached to an aromatic ring is 1. The van der Waals surface area contributed by atoms with Gasteiger partial charge in [-0.15, -0.1) is 0 Å². The molecule has 1 saturated heterocycles. The lowest BCUT2D eigenvalue weighted by Gasteiger charge is -2.25. The smallest absolute Gasteiger partial charge is 0.242 e. The van der Waals surface area contributed by atoms with Crippen molar-refractivity contribution in [2.75, 3.05) is 37.3 Å². The number of hydrogen-bond donors (Lipinski definition) is 1. The second-order valence-electron chi connectivity index (χ2n) is 5.09. The number of anilines is 2. The Hall–Kier alpha value is -1.78. The van der Waals surface area contributed by atoms with Crippen molar-refractivity contribution in [2.45, 2.75) is 25.7 Å². The molecule has 1 fully saturated rings. The van der Waals surface area contributed by atoms with Crippen LogP contribution in [0.2, 0.25) is 0 Å². The van der Waals surface area contributed by atoms with E-state index in [1.165, 1.54) is 12.8 Å². The van der Waals surface area contributed by atoms with Crippen LogP contribution in [-0.4, -0.2) is 42.5 Å². The van der Waals surface area contributed by atoms with Gasteiger partial charge in [-0.25, -0.2) is 0 Å². The molecule has 19 heavy (non-hydrogen) atoms. The number of likely N-dealkylation sites (N-methyl/N-ethyl adjacent to an activating group) is 1. The summed E-state index contributed by atoms with van der Waals surface area (Å²) in [7, 11) is 1.89. The topological polar surface area (TPSA) is 62.5 Å². The van der Waals surface area contributed by atoms with Gasteiger partial charge in [-0.1, -0.05) is 12.8 Å². The number of nitrogens with two attached hydrogens (primary N) is 1. The van der Waals surface area contributed by atoms with Gasteiger partial charge in [0.1, 0.15) is 0 Å². The van der Waals surface area contributed by atoms with Crippen LogP contribution < -0.4 is 10.6 Å². The molecule has 2 rings (SSSR count). The summed E-state index contributed by atoms with van der Waals surface area (Å²) in [6.45, 7) is 2.14. The number of likely N-dealkylation sites (tertiary alicyclic amines) is 1. The molecule has 1 aliphatic heterocycles. The molecule has 0 radical (unpaired) electrons. The minimum absolute atomic E-state index is 0.181. The summed E-state index contributed by atoms with van der Waals surface area (Å²) in [4.78, 5) is 20.1. The van der Waals surface area contributed by atoms with Crippen molar-refractivity contribution in [3.63, 3.8) is 0 Å². The predicted octanol–water partition coefficient (Wildman–Crippen LogP) is 1.50.